The highest BCUT2D eigenvalue weighted by atomic mass is 32.1. The second kappa shape index (κ2) is 6.83. The van der Waals surface area contributed by atoms with Crippen LogP contribution in [0.25, 0.3) is 0 Å². The Hall–Kier alpha value is -0.640. The van der Waals surface area contributed by atoms with Crippen LogP contribution in [0.2, 0.25) is 0 Å². The first-order valence-electron chi connectivity index (χ1n) is 4.38. The number of rotatable bonds is 6. The molecule has 0 amide bonds. The van der Waals surface area contributed by atoms with Crippen LogP contribution in [0.4, 0.5) is 0 Å². The Morgan fingerprint density at radius 2 is 2.38 bits per heavy atom. The molecule has 2 nitrogen and oxygen atoms in total. The second-order valence-electron chi connectivity index (χ2n) is 2.61. The topological polar surface area (TPSA) is 35.2 Å². The van der Waals surface area contributed by atoms with Gasteiger partial charge in [0.05, 0.1) is 13.2 Å². The first-order chi connectivity index (χ1) is 6.43. The summed E-state index contributed by atoms with van der Waals surface area (Å²) in [5.41, 5.74) is 5.28. The van der Waals surface area contributed by atoms with Gasteiger partial charge in [-0.1, -0.05) is 18.2 Å². The van der Waals surface area contributed by atoms with Crippen LogP contribution in [0, 0.1) is 0 Å². The van der Waals surface area contributed by atoms with Crippen LogP contribution in [-0.4, -0.2) is 19.8 Å². The van der Waals surface area contributed by atoms with E-state index in [1.807, 2.05) is 12.2 Å². The van der Waals surface area contributed by atoms with Gasteiger partial charge in [0.1, 0.15) is 0 Å². The third-order valence-corrected chi connectivity index (χ3v) is 2.53. The highest BCUT2D eigenvalue weighted by Crippen LogP contribution is 2.08. The zero-order valence-electron chi connectivity index (χ0n) is 7.61. The molecular weight excluding hydrogens is 182 g/mol. The zero-order valence-corrected chi connectivity index (χ0v) is 8.43. The maximum Gasteiger partial charge on any atom is 0.0648 e. The number of ether oxygens (including phenoxy) is 1. The Morgan fingerprint density at radius 1 is 1.46 bits per heavy atom. The van der Waals surface area contributed by atoms with E-state index in [1.165, 1.54) is 4.88 Å². The Labute approximate surface area is 83.0 Å². The van der Waals surface area contributed by atoms with Crippen molar-refractivity contribution in [3.63, 3.8) is 0 Å². The van der Waals surface area contributed by atoms with Gasteiger partial charge in [-0.3, -0.25) is 0 Å². The molecule has 2 N–H and O–H groups in total. The molecule has 0 aliphatic heterocycles. The normalized spacial score (nSPS) is 11.2. The smallest absolute Gasteiger partial charge is 0.0648 e. The summed E-state index contributed by atoms with van der Waals surface area (Å²) in [5.74, 6) is 0. The van der Waals surface area contributed by atoms with Gasteiger partial charge in [-0.2, -0.15) is 0 Å². The summed E-state index contributed by atoms with van der Waals surface area (Å²) in [6.45, 7) is 2.05. The van der Waals surface area contributed by atoms with Crippen molar-refractivity contribution in [2.24, 2.45) is 5.73 Å². The Kier molecular flexibility index (Phi) is 5.49. The molecule has 0 saturated heterocycles. The summed E-state index contributed by atoms with van der Waals surface area (Å²) in [6, 6.07) is 4.19. The van der Waals surface area contributed by atoms with E-state index in [4.69, 9.17) is 10.5 Å². The molecule has 0 fully saturated rings. The van der Waals surface area contributed by atoms with Crippen molar-refractivity contribution in [1.82, 2.24) is 0 Å². The molecule has 1 rings (SSSR count). The lowest BCUT2D eigenvalue weighted by Crippen LogP contribution is -1.98. The van der Waals surface area contributed by atoms with E-state index < -0.39 is 0 Å². The molecule has 0 atom stereocenters. The van der Waals surface area contributed by atoms with Gasteiger partial charge in [-0.15, -0.1) is 11.3 Å². The fourth-order valence-electron chi connectivity index (χ4n) is 0.943. The van der Waals surface area contributed by atoms with Gasteiger partial charge in [-0.25, -0.2) is 0 Å². The predicted octanol–water partition coefficient (Wildman–Crippen LogP) is 1.82. The van der Waals surface area contributed by atoms with Gasteiger partial charge >= 0.3 is 0 Å². The molecule has 0 aromatic carbocycles. The standard InChI is InChI=1S/C10H15NOS/c11-6-1-2-7-12-8-5-10-4-3-9-13-10/h1-4,9H,5-8,11H2. The monoisotopic (exact) mass is 197 g/mol. The lowest BCUT2D eigenvalue weighted by molar-refractivity contribution is 0.166. The molecule has 1 heterocycles. The molecule has 0 aliphatic rings. The number of hydrogen-bond acceptors (Lipinski definition) is 3. The van der Waals surface area contributed by atoms with E-state index in [2.05, 4.69) is 17.5 Å². The van der Waals surface area contributed by atoms with Crippen LogP contribution in [0.3, 0.4) is 0 Å². The largest absolute Gasteiger partial charge is 0.377 e. The van der Waals surface area contributed by atoms with Gasteiger partial charge < -0.3 is 10.5 Å². The average Bonchev–Trinajstić information content (AvgIpc) is 2.63. The summed E-state index contributed by atoms with van der Waals surface area (Å²) in [6.07, 6.45) is 4.87. The quantitative estimate of drug-likeness (QED) is 0.557. The molecule has 0 bridgehead atoms. The maximum absolute atomic E-state index is 5.37. The number of nitrogens with two attached hydrogens (primary N) is 1. The van der Waals surface area contributed by atoms with Crippen LogP contribution >= 0.6 is 11.3 Å². The van der Waals surface area contributed by atoms with E-state index in [0.29, 0.717) is 13.2 Å². The van der Waals surface area contributed by atoms with Crippen LogP contribution in [0.1, 0.15) is 4.88 Å². The summed E-state index contributed by atoms with van der Waals surface area (Å²) in [7, 11) is 0. The van der Waals surface area contributed by atoms with Crippen molar-refractivity contribution in [2.75, 3.05) is 19.8 Å². The van der Waals surface area contributed by atoms with E-state index in [9.17, 15) is 0 Å². The summed E-state index contributed by atoms with van der Waals surface area (Å²) >= 11 is 1.77. The zero-order chi connectivity index (χ0) is 9.36. The van der Waals surface area contributed by atoms with E-state index in [1.54, 1.807) is 11.3 Å². The molecule has 0 saturated carbocycles. The maximum atomic E-state index is 5.37. The van der Waals surface area contributed by atoms with Crippen LogP contribution < -0.4 is 5.73 Å². The SMILES string of the molecule is NCC=CCOCCc1cccs1. The van der Waals surface area contributed by atoms with Crippen molar-refractivity contribution in [3.8, 4) is 0 Å². The third-order valence-electron chi connectivity index (χ3n) is 1.59. The predicted molar refractivity (Wildman–Crippen MR) is 57.0 cm³/mol. The highest BCUT2D eigenvalue weighted by molar-refractivity contribution is 7.09. The first kappa shape index (κ1) is 10.4. The van der Waals surface area contributed by atoms with Gasteiger partial charge in [0.15, 0.2) is 0 Å². The van der Waals surface area contributed by atoms with E-state index in [0.717, 1.165) is 13.0 Å². The molecule has 1 aromatic heterocycles. The Bertz CT molecular complexity index is 231. The molecule has 0 aliphatic carbocycles. The summed E-state index contributed by atoms with van der Waals surface area (Å²) in [4.78, 5) is 1.38. The second-order valence-corrected chi connectivity index (χ2v) is 3.64. The molecule has 3 heteroatoms. The molecule has 0 spiro atoms. The van der Waals surface area contributed by atoms with Crippen LogP contribution in [0.5, 0.6) is 0 Å². The molecule has 1 aromatic rings. The minimum atomic E-state index is 0.592. The van der Waals surface area contributed by atoms with Crippen LogP contribution in [-0.2, 0) is 11.2 Å². The van der Waals surface area contributed by atoms with Crippen molar-refractivity contribution in [3.05, 3.63) is 34.5 Å². The fourth-order valence-corrected chi connectivity index (χ4v) is 1.63. The van der Waals surface area contributed by atoms with E-state index in [-0.39, 0.29) is 0 Å². The van der Waals surface area contributed by atoms with Crippen molar-refractivity contribution in [2.45, 2.75) is 6.42 Å². The molecule has 13 heavy (non-hydrogen) atoms. The Balaban J connectivity index is 1.99. The van der Waals surface area contributed by atoms with Crippen molar-refractivity contribution < 1.29 is 4.74 Å². The van der Waals surface area contributed by atoms with Gasteiger partial charge in [0.25, 0.3) is 0 Å². The molecule has 72 valence electrons. The van der Waals surface area contributed by atoms with Crippen molar-refractivity contribution >= 4 is 11.3 Å². The van der Waals surface area contributed by atoms with Crippen molar-refractivity contribution in [1.29, 1.82) is 0 Å². The van der Waals surface area contributed by atoms with Gasteiger partial charge in [0, 0.05) is 17.8 Å². The van der Waals surface area contributed by atoms with E-state index >= 15 is 0 Å². The number of thiophene rings is 1. The van der Waals surface area contributed by atoms with Crippen LogP contribution in [0.15, 0.2) is 29.7 Å². The van der Waals surface area contributed by atoms with Gasteiger partial charge in [0.2, 0.25) is 0 Å². The first-order valence-corrected chi connectivity index (χ1v) is 5.26. The summed E-state index contributed by atoms with van der Waals surface area (Å²) in [5, 5.41) is 2.09. The highest BCUT2D eigenvalue weighted by Gasteiger charge is 1.91. The minimum absolute atomic E-state index is 0.592. The lowest BCUT2D eigenvalue weighted by Gasteiger charge is -1.98. The molecular formula is C10H15NOS. The Morgan fingerprint density at radius 3 is 3.08 bits per heavy atom. The fraction of sp³-hybridized carbons (Fsp3) is 0.400. The number of hydrogen-bond donors (Lipinski definition) is 1. The summed E-state index contributed by atoms with van der Waals surface area (Å²) < 4.78 is 5.37. The minimum Gasteiger partial charge on any atom is -0.377 e. The average molecular weight is 197 g/mol. The third kappa shape index (κ3) is 4.83. The molecule has 0 radical (unpaired) electrons. The lowest BCUT2D eigenvalue weighted by atomic mass is 10.4. The van der Waals surface area contributed by atoms with Gasteiger partial charge in [-0.05, 0) is 11.4 Å². The molecule has 0 unspecified atom stereocenters.